The topological polar surface area (TPSA) is 95.2 Å². The number of pyridine rings is 1. The van der Waals surface area contributed by atoms with Crippen LogP contribution in [-0.4, -0.2) is 39.8 Å². The van der Waals surface area contributed by atoms with Crippen LogP contribution in [0.2, 0.25) is 0 Å². The van der Waals surface area contributed by atoms with E-state index in [0.717, 1.165) is 0 Å². The third-order valence-corrected chi connectivity index (χ3v) is 3.60. The first kappa shape index (κ1) is 17.9. The Morgan fingerprint density at radius 1 is 1.25 bits per heavy atom. The normalized spacial score (nSPS) is 10.9. The lowest BCUT2D eigenvalue weighted by atomic mass is 10.3. The summed E-state index contributed by atoms with van der Waals surface area (Å²) in [5.74, 6) is -0.326. The highest BCUT2D eigenvalue weighted by molar-refractivity contribution is 5.78. The summed E-state index contributed by atoms with van der Waals surface area (Å²) in [6, 6.07) is 3.35. The molecular formula is C16H22N4O4. The Hall–Kier alpha value is -2.48. The number of aromatic nitrogens is 3. The Labute approximate surface area is 139 Å². The lowest BCUT2D eigenvalue weighted by molar-refractivity contribution is -0.121. The smallest absolute Gasteiger partial charge is 0.318 e. The van der Waals surface area contributed by atoms with Crippen LogP contribution in [0.25, 0.3) is 11.2 Å². The number of rotatable bonds is 8. The van der Waals surface area contributed by atoms with Crippen molar-refractivity contribution in [3.05, 3.63) is 39.0 Å². The van der Waals surface area contributed by atoms with Gasteiger partial charge >= 0.3 is 11.1 Å². The van der Waals surface area contributed by atoms with Crippen molar-refractivity contribution in [1.29, 1.82) is 0 Å². The van der Waals surface area contributed by atoms with E-state index in [2.05, 4.69) is 10.3 Å². The van der Waals surface area contributed by atoms with E-state index < -0.39 is 11.1 Å². The number of carbonyl (C=O) groups excluding carboxylic acids is 1. The Morgan fingerprint density at radius 3 is 2.71 bits per heavy atom. The number of hydrogen-bond acceptors (Lipinski definition) is 5. The number of carbonyl (C=O) groups is 1. The number of nitrogens with one attached hydrogen (secondary N) is 1. The molecule has 0 aliphatic heterocycles. The fourth-order valence-corrected chi connectivity index (χ4v) is 2.44. The molecule has 2 heterocycles. The zero-order valence-corrected chi connectivity index (χ0v) is 13.9. The molecule has 130 valence electrons. The average Bonchev–Trinajstić information content (AvgIpc) is 2.59. The molecule has 0 aliphatic rings. The molecule has 0 aliphatic carbocycles. The molecule has 0 saturated heterocycles. The van der Waals surface area contributed by atoms with E-state index in [1.54, 1.807) is 25.3 Å². The van der Waals surface area contributed by atoms with Gasteiger partial charge in [-0.25, -0.2) is 4.98 Å². The predicted molar refractivity (Wildman–Crippen MR) is 90.1 cm³/mol. The minimum absolute atomic E-state index is 0.213. The summed E-state index contributed by atoms with van der Waals surface area (Å²) in [6.07, 6.45) is 2.24. The largest absolute Gasteiger partial charge is 0.382 e. The van der Waals surface area contributed by atoms with Crippen LogP contribution in [0.5, 0.6) is 0 Å². The molecule has 1 N–H and O–H groups in total. The van der Waals surface area contributed by atoms with Crippen molar-refractivity contribution in [3.8, 4) is 0 Å². The van der Waals surface area contributed by atoms with Gasteiger partial charge in [-0.2, -0.15) is 0 Å². The number of hydrogen-bond donors (Lipinski definition) is 1. The molecule has 24 heavy (non-hydrogen) atoms. The van der Waals surface area contributed by atoms with Crippen LogP contribution >= 0.6 is 0 Å². The summed E-state index contributed by atoms with van der Waals surface area (Å²) >= 11 is 0. The van der Waals surface area contributed by atoms with E-state index in [1.165, 1.54) is 9.13 Å². The molecule has 0 atom stereocenters. The molecule has 0 spiro atoms. The number of fused-ring (bicyclic) bond motifs is 1. The van der Waals surface area contributed by atoms with Gasteiger partial charge in [0.1, 0.15) is 6.54 Å². The maximum absolute atomic E-state index is 12.3. The Kier molecular flexibility index (Phi) is 6.25. The van der Waals surface area contributed by atoms with Crippen LogP contribution in [0.1, 0.15) is 20.3 Å². The Bertz CT molecular complexity index is 825. The molecule has 0 saturated carbocycles. The van der Waals surface area contributed by atoms with Crippen molar-refractivity contribution in [3.63, 3.8) is 0 Å². The van der Waals surface area contributed by atoms with Crippen LogP contribution < -0.4 is 16.4 Å². The average molecular weight is 334 g/mol. The maximum Gasteiger partial charge on any atom is 0.318 e. The second-order valence-electron chi connectivity index (χ2n) is 5.19. The fraction of sp³-hybridized carbons (Fsp3) is 0.500. The molecule has 1 amide bonds. The van der Waals surface area contributed by atoms with E-state index in [1.807, 2.05) is 6.92 Å². The highest BCUT2D eigenvalue weighted by Crippen LogP contribution is 2.06. The van der Waals surface area contributed by atoms with Gasteiger partial charge < -0.3 is 10.1 Å². The molecule has 2 rings (SSSR count). The number of amides is 1. The molecule has 0 radical (unpaired) electrons. The second kappa shape index (κ2) is 8.39. The maximum atomic E-state index is 12.3. The van der Waals surface area contributed by atoms with Gasteiger partial charge in [-0.3, -0.25) is 23.5 Å². The number of nitrogens with zero attached hydrogens (tertiary/aromatic N) is 3. The van der Waals surface area contributed by atoms with E-state index >= 15 is 0 Å². The standard InChI is InChI=1S/C16H22N4O4/c1-3-19-14-12(7-5-8-18-14)20(16(23)15(19)22)11-13(21)17-9-6-10-24-4-2/h5,7-8H,3-4,6,9-11H2,1-2H3,(H,17,21). The molecule has 8 nitrogen and oxygen atoms in total. The third-order valence-electron chi connectivity index (χ3n) is 3.60. The van der Waals surface area contributed by atoms with Gasteiger partial charge in [0.05, 0.1) is 5.52 Å². The van der Waals surface area contributed by atoms with Crippen LogP contribution in [-0.2, 0) is 22.6 Å². The first-order valence-corrected chi connectivity index (χ1v) is 8.03. The predicted octanol–water partition coefficient (Wildman–Crippen LogP) is 0.121. The summed E-state index contributed by atoms with van der Waals surface area (Å²) < 4.78 is 7.68. The quantitative estimate of drug-likeness (QED) is 0.546. The highest BCUT2D eigenvalue weighted by atomic mass is 16.5. The first-order chi connectivity index (χ1) is 11.6. The molecule has 0 fully saturated rings. The minimum Gasteiger partial charge on any atom is -0.382 e. The molecular weight excluding hydrogens is 312 g/mol. The van der Waals surface area contributed by atoms with Crippen molar-refractivity contribution in [1.82, 2.24) is 19.4 Å². The van der Waals surface area contributed by atoms with Crippen molar-refractivity contribution in [2.45, 2.75) is 33.4 Å². The zero-order valence-electron chi connectivity index (χ0n) is 13.9. The van der Waals surface area contributed by atoms with E-state index in [-0.39, 0.29) is 12.5 Å². The molecule has 0 bridgehead atoms. The minimum atomic E-state index is -0.721. The van der Waals surface area contributed by atoms with Gasteiger partial charge in [0.2, 0.25) is 5.91 Å². The summed E-state index contributed by atoms with van der Waals surface area (Å²) in [7, 11) is 0. The van der Waals surface area contributed by atoms with Crippen molar-refractivity contribution in [2.24, 2.45) is 0 Å². The summed E-state index contributed by atoms with van der Waals surface area (Å²) in [5, 5.41) is 2.72. The van der Waals surface area contributed by atoms with E-state index in [4.69, 9.17) is 4.74 Å². The van der Waals surface area contributed by atoms with Crippen molar-refractivity contribution >= 4 is 17.1 Å². The van der Waals surface area contributed by atoms with Crippen molar-refractivity contribution < 1.29 is 9.53 Å². The molecule has 0 unspecified atom stereocenters. The summed E-state index contributed by atoms with van der Waals surface area (Å²) in [6.45, 7) is 5.45. The van der Waals surface area contributed by atoms with Crippen molar-refractivity contribution in [2.75, 3.05) is 19.8 Å². The van der Waals surface area contributed by atoms with E-state index in [0.29, 0.717) is 43.9 Å². The lowest BCUT2D eigenvalue weighted by Gasteiger charge is -2.13. The second-order valence-corrected chi connectivity index (χ2v) is 5.19. The Balaban J connectivity index is 2.23. The van der Waals surface area contributed by atoms with E-state index in [9.17, 15) is 14.4 Å². The van der Waals surface area contributed by atoms with Crippen LogP contribution in [0.15, 0.2) is 27.9 Å². The highest BCUT2D eigenvalue weighted by Gasteiger charge is 2.15. The van der Waals surface area contributed by atoms with Gasteiger partial charge in [-0.05, 0) is 32.4 Å². The van der Waals surface area contributed by atoms with Gasteiger partial charge in [-0.15, -0.1) is 0 Å². The molecule has 2 aromatic heterocycles. The Morgan fingerprint density at radius 2 is 2.00 bits per heavy atom. The van der Waals surface area contributed by atoms with Crippen LogP contribution in [0.3, 0.4) is 0 Å². The monoisotopic (exact) mass is 334 g/mol. The lowest BCUT2D eigenvalue weighted by Crippen LogP contribution is -2.44. The van der Waals surface area contributed by atoms with Gasteiger partial charge in [0.25, 0.3) is 0 Å². The number of aryl methyl sites for hydroxylation is 1. The van der Waals surface area contributed by atoms with Crippen LogP contribution in [0, 0.1) is 0 Å². The van der Waals surface area contributed by atoms with Gasteiger partial charge in [0, 0.05) is 32.5 Å². The van der Waals surface area contributed by atoms with Gasteiger partial charge in [0.15, 0.2) is 5.65 Å². The first-order valence-electron chi connectivity index (χ1n) is 8.03. The summed E-state index contributed by atoms with van der Waals surface area (Å²) in [5.41, 5.74) is -0.531. The fourth-order valence-electron chi connectivity index (χ4n) is 2.44. The van der Waals surface area contributed by atoms with Crippen LogP contribution in [0.4, 0.5) is 0 Å². The molecule has 8 heteroatoms. The molecule has 0 aromatic carbocycles. The third kappa shape index (κ3) is 3.88. The number of ether oxygens (including phenoxy) is 1. The summed E-state index contributed by atoms with van der Waals surface area (Å²) in [4.78, 5) is 40.7. The SMILES string of the molecule is CCOCCCNC(=O)Cn1c(=O)c(=O)n(CC)c2ncccc21. The molecule has 2 aromatic rings. The van der Waals surface area contributed by atoms with Gasteiger partial charge in [-0.1, -0.05) is 0 Å². The zero-order chi connectivity index (χ0) is 17.5.